The van der Waals surface area contributed by atoms with Gasteiger partial charge in [-0.05, 0) is 87.2 Å². The summed E-state index contributed by atoms with van der Waals surface area (Å²) in [6.07, 6.45) is -0.335. The number of aromatic nitrogens is 2. The Hall–Kier alpha value is -6.46. The van der Waals surface area contributed by atoms with Crippen LogP contribution < -0.4 is 25.1 Å². The smallest absolute Gasteiger partial charge is 0.346 e. The predicted octanol–water partition coefficient (Wildman–Crippen LogP) is 6.35. The van der Waals surface area contributed by atoms with Crippen molar-refractivity contribution in [2.24, 2.45) is 0 Å². The predicted molar refractivity (Wildman–Crippen MR) is 233 cm³/mol. The third-order valence-corrected chi connectivity index (χ3v) is 11.5. The van der Waals surface area contributed by atoms with Gasteiger partial charge in [-0.3, -0.25) is 28.5 Å². The second kappa shape index (κ2) is 19.5. The first-order valence-electron chi connectivity index (χ1n) is 20.9. The average Bonchev–Trinajstić information content (AvgIpc) is 4.08. The number of esters is 3. The van der Waals surface area contributed by atoms with Crippen molar-refractivity contribution in [3.63, 3.8) is 0 Å². The highest BCUT2D eigenvalue weighted by atomic mass is 35.5. The lowest BCUT2D eigenvalue weighted by Gasteiger charge is -2.35. The van der Waals surface area contributed by atoms with Crippen molar-refractivity contribution < 1.29 is 57.2 Å². The molecule has 2 N–H and O–H groups in total. The van der Waals surface area contributed by atoms with Crippen molar-refractivity contribution in [3.05, 3.63) is 98.2 Å². The Morgan fingerprint density at radius 2 is 1.72 bits per heavy atom. The third kappa shape index (κ3) is 9.85. The minimum Gasteiger partial charge on any atom is -0.497 e. The summed E-state index contributed by atoms with van der Waals surface area (Å²) in [7, 11) is 2.90. The van der Waals surface area contributed by atoms with Gasteiger partial charge in [-0.1, -0.05) is 11.6 Å². The molecule has 7 rings (SSSR count). The van der Waals surface area contributed by atoms with Crippen LogP contribution in [0.25, 0.3) is 21.8 Å². The van der Waals surface area contributed by atoms with E-state index in [1.807, 2.05) is 11.8 Å². The fourth-order valence-corrected chi connectivity index (χ4v) is 8.15. The molecule has 2 atom stereocenters. The zero-order valence-electron chi connectivity index (χ0n) is 35.7. The summed E-state index contributed by atoms with van der Waals surface area (Å²) in [6.45, 7) is 5.09. The van der Waals surface area contributed by atoms with Crippen LogP contribution in [0.2, 0.25) is 5.02 Å². The summed E-state index contributed by atoms with van der Waals surface area (Å²) >= 11 is 6.05. The van der Waals surface area contributed by atoms with Crippen molar-refractivity contribution in [3.8, 4) is 11.5 Å². The van der Waals surface area contributed by atoms with Crippen LogP contribution in [0.4, 0.5) is 10.1 Å². The van der Waals surface area contributed by atoms with Crippen LogP contribution in [0, 0.1) is 12.7 Å². The van der Waals surface area contributed by atoms with Crippen LogP contribution in [0.3, 0.4) is 0 Å². The number of pyridine rings is 1. The molecule has 0 radical (unpaired) electrons. The molecule has 5 aromatic rings. The highest BCUT2D eigenvalue weighted by Gasteiger charge is 2.33. The number of halogens is 2. The fourth-order valence-electron chi connectivity index (χ4n) is 8.02. The van der Waals surface area contributed by atoms with Gasteiger partial charge < -0.3 is 43.6 Å². The molecule has 2 aromatic heterocycles. The van der Waals surface area contributed by atoms with Crippen LogP contribution in [0.15, 0.2) is 59.5 Å². The lowest BCUT2D eigenvalue weighted by molar-refractivity contribution is -0.171. The van der Waals surface area contributed by atoms with E-state index in [1.165, 1.54) is 25.0 Å². The number of aliphatic carboxylic acids is 1. The number of ether oxygens (including phenoxy) is 5. The molecule has 1 aliphatic carbocycles. The van der Waals surface area contributed by atoms with E-state index in [0.29, 0.717) is 63.6 Å². The molecule has 0 amide bonds. The maximum absolute atomic E-state index is 16.0. The Balaban J connectivity index is 1.09. The molecule has 16 nitrogen and oxygen atoms in total. The lowest BCUT2D eigenvalue weighted by Crippen LogP contribution is -2.49. The number of benzene rings is 3. The normalized spacial score (nSPS) is 15.5. The molecule has 3 heterocycles. The summed E-state index contributed by atoms with van der Waals surface area (Å²) in [5, 5.41) is 13.4. The highest BCUT2D eigenvalue weighted by molar-refractivity contribution is 6.30. The van der Waals surface area contributed by atoms with Gasteiger partial charge in [-0.15, -0.1) is 0 Å². The number of carbonyl (C=O) groups excluding carboxylic acids is 4. The molecular formula is C46H48ClFN4O12. The number of carboxylic acids is 1. The number of methoxy groups -OCH3 is 2. The van der Waals surface area contributed by atoms with E-state index in [-0.39, 0.29) is 60.7 Å². The van der Waals surface area contributed by atoms with Crippen molar-refractivity contribution in [2.45, 2.75) is 77.2 Å². The Morgan fingerprint density at radius 1 is 0.969 bits per heavy atom. The SMILES string of the molecule is COc1ccc2c(c1)c(CC(=O)OCCCC(OC(=O)CCC(=O)O)OC(=O)c1cn(C3CC3)c3c(OC)c(N4CCNC(C)C4)c(F)cc3c1=O)c(C)n2C(=O)c1ccc(Cl)cc1. The number of anilines is 1. The van der Waals surface area contributed by atoms with Crippen LogP contribution >= 0.6 is 11.6 Å². The molecule has 1 saturated heterocycles. The minimum absolute atomic E-state index is 0.000630. The topological polar surface area (TPSA) is 194 Å². The van der Waals surface area contributed by atoms with Gasteiger partial charge in [0.05, 0.1) is 56.5 Å². The Labute approximate surface area is 371 Å². The molecule has 2 unspecified atom stereocenters. The maximum Gasteiger partial charge on any atom is 0.346 e. The number of carbonyl (C=O) groups is 5. The van der Waals surface area contributed by atoms with Crippen LogP contribution in [0.1, 0.15) is 83.5 Å². The van der Waals surface area contributed by atoms with Gasteiger partial charge in [0, 0.05) is 66.0 Å². The summed E-state index contributed by atoms with van der Waals surface area (Å²) in [4.78, 5) is 80.7. The molecule has 1 saturated carbocycles. The minimum atomic E-state index is -1.62. The maximum atomic E-state index is 16.0. The molecule has 64 heavy (non-hydrogen) atoms. The number of hydrogen-bond donors (Lipinski definition) is 2. The lowest BCUT2D eigenvalue weighted by atomic mass is 10.1. The van der Waals surface area contributed by atoms with E-state index in [0.717, 1.165) is 18.9 Å². The van der Waals surface area contributed by atoms with E-state index in [4.69, 9.17) is 40.4 Å². The first-order valence-corrected chi connectivity index (χ1v) is 21.3. The molecule has 1 aliphatic heterocycles. The van der Waals surface area contributed by atoms with Crippen LogP contribution in [0.5, 0.6) is 11.5 Å². The summed E-state index contributed by atoms with van der Waals surface area (Å²) < 4.78 is 47.0. The monoisotopic (exact) mass is 902 g/mol. The fraction of sp³-hybridized carbons (Fsp3) is 0.391. The standard InChI is InChI=1S/C46H48ClFN4O12/c1-25-23-50(18-17-49-25)42-35(48)21-33-41(44(42)61-4)51(29-11-12-29)24-34(43(33)57)46(59)64-40(63-38(55)16-15-37(53)54)6-5-19-62-39(56)22-31-26(2)52(36-14-13-30(60-3)20-32(31)36)45(58)27-7-9-28(47)10-8-27/h7-10,13-14,20-21,24-25,29,40,49H,5-6,11-12,15-19,22-23H2,1-4H3,(H,53,54). The molecule has 18 heteroatoms. The second-order valence-electron chi connectivity index (χ2n) is 15.8. The summed E-state index contributed by atoms with van der Waals surface area (Å²) in [5.41, 5.74) is 1.24. The zero-order chi connectivity index (χ0) is 45.8. The average molecular weight is 903 g/mol. The quantitative estimate of drug-likeness (QED) is 0.0595. The van der Waals surface area contributed by atoms with Crippen LogP contribution in [-0.2, 0) is 35.0 Å². The number of carboxylic acid groups (broad SMARTS) is 1. The van der Waals surface area contributed by atoms with E-state index in [1.54, 1.807) is 54.0 Å². The number of piperazine rings is 1. The van der Waals surface area contributed by atoms with E-state index in [2.05, 4.69) is 5.32 Å². The molecule has 0 spiro atoms. The summed E-state index contributed by atoms with van der Waals surface area (Å²) in [6, 6.07) is 12.6. The number of nitrogens with one attached hydrogen (secondary N) is 1. The first-order chi connectivity index (χ1) is 30.7. The van der Waals surface area contributed by atoms with Crippen molar-refractivity contribution in [1.29, 1.82) is 0 Å². The largest absolute Gasteiger partial charge is 0.497 e. The Morgan fingerprint density at radius 3 is 2.39 bits per heavy atom. The van der Waals surface area contributed by atoms with Gasteiger partial charge in [0.25, 0.3) is 5.91 Å². The van der Waals surface area contributed by atoms with E-state index in [9.17, 15) is 28.8 Å². The van der Waals surface area contributed by atoms with Gasteiger partial charge in [0.15, 0.2) is 11.6 Å². The van der Waals surface area contributed by atoms with E-state index >= 15 is 4.39 Å². The second-order valence-corrected chi connectivity index (χ2v) is 16.2. The molecule has 3 aromatic carbocycles. The Kier molecular flexibility index (Phi) is 13.9. The molecule has 2 aliphatic rings. The van der Waals surface area contributed by atoms with Gasteiger partial charge in [-0.2, -0.15) is 0 Å². The van der Waals surface area contributed by atoms with Crippen molar-refractivity contribution in [1.82, 2.24) is 14.5 Å². The molecular weight excluding hydrogens is 855 g/mol. The summed E-state index contributed by atoms with van der Waals surface area (Å²) in [5.74, 6) is -4.41. The van der Waals surface area contributed by atoms with Crippen molar-refractivity contribution in [2.75, 3.05) is 45.4 Å². The Bertz CT molecular complexity index is 2690. The number of rotatable bonds is 17. The van der Waals surface area contributed by atoms with Crippen molar-refractivity contribution >= 4 is 68.9 Å². The number of hydrogen-bond acceptors (Lipinski definition) is 13. The van der Waals surface area contributed by atoms with Gasteiger partial charge >= 0.3 is 23.9 Å². The first kappa shape index (κ1) is 45.6. The highest BCUT2D eigenvalue weighted by Crippen LogP contribution is 2.44. The van der Waals surface area contributed by atoms with Crippen LogP contribution in [-0.4, -0.2) is 96.8 Å². The van der Waals surface area contributed by atoms with Gasteiger partial charge in [0.1, 0.15) is 17.0 Å². The molecule has 0 bridgehead atoms. The van der Waals surface area contributed by atoms with Gasteiger partial charge in [-0.25, -0.2) is 9.18 Å². The molecule has 2 fully saturated rings. The zero-order valence-corrected chi connectivity index (χ0v) is 36.5. The third-order valence-electron chi connectivity index (χ3n) is 11.3. The van der Waals surface area contributed by atoms with E-state index < -0.39 is 59.8 Å². The number of fused-ring (bicyclic) bond motifs is 2. The molecule has 338 valence electrons. The van der Waals surface area contributed by atoms with Gasteiger partial charge in [0.2, 0.25) is 11.7 Å². The number of nitrogens with zero attached hydrogens (tertiary/aromatic N) is 3.